The molecule has 0 amide bonds. The largest absolute Gasteiger partial charge is 0.0654 e. The van der Waals surface area contributed by atoms with Crippen molar-refractivity contribution in [2.75, 3.05) is 0 Å². The molecule has 0 aromatic heterocycles. The first-order valence-corrected chi connectivity index (χ1v) is 5.89. The smallest absolute Gasteiger partial charge is 0.0297 e. The van der Waals surface area contributed by atoms with E-state index in [0.29, 0.717) is 5.41 Å². The van der Waals surface area contributed by atoms with E-state index in [1.54, 1.807) is 0 Å². The highest BCUT2D eigenvalue weighted by Gasteiger charge is 2.22. The van der Waals surface area contributed by atoms with E-state index in [0.717, 1.165) is 5.92 Å². The minimum Gasteiger partial charge on any atom is -0.0654 e. The SMILES string of the molecule is [CH2]C(CC)(CCCCC)CC(C)C. The van der Waals surface area contributed by atoms with Gasteiger partial charge in [-0.25, -0.2) is 0 Å². The van der Waals surface area contributed by atoms with Crippen LogP contribution in [0, 0.1) is 18.3 Å². The molecule has 0 N–H and O–H groups in total. The van der Waals surface area contributed by atoms with Gasteiger partial charge in [0.1, 0.15) is 0 Å². The fraction of sp³-hybridized carbons (Fsp3) is 0.923. The van der Waals surface area contributed by atoms with Gasteiger partial charge in [0.15, 0.2) is 0 Å². The molecule has 0 aliphatic heterocycles. The van der Waals surface area contributed by atoms with Crippen molar-refractivity contribution in [3.05, 3.63) is 6.92 Å². The second kappa shape index (κ2) is 6.45. The first-order chi connectivity index (χ1) is 6.04. The molecule has 0 aromatic carbocycles. The molecule has 0 aliphatic rings. The quantitative estimate of drug-likeness (QED) is 0.495. The van der Waals surface area contributed by atoms with Gasteiger partial charge in [0.05, 0.1) is 0 Å². The maximum atomic E-state index is 4.40. The van der Waals surface area contributed by atoms with Crippen LogP contribution in [0.2, 0.25) is 0 Å². The predicted octanol–water partition coefficient (Wildman–Crippen LogP) is 4.84. The molecule has 0 spiro atoms. The Hall–Kier alpha value is 0. The van der Waals surface area contributed by atoms with Crippen molar-refractivity contribution < 1.29 is 0 Å². The number of rotatable bonds is 7. The van der Waals surface area contributed by atoms with Crippen LogP contribution < -0.4 is 0 Å². The van der Waals surface area contributed by atoms with Gasteiger partial charge in [-0.1, -0.05) is 53.4 Å². The van der Waals surface area contributed by atoms with Crippen molar-refractivity contribution in [2.24, 2.45) is 11.3 Å². The zero-order valence-electron chi connectivity index (χ0n) is 10.0. The van der Waals surface area contributed by atoms with Gasteiger partial charge in [0.2, 0.25) is 0 Å². The van der Waals surface area contributed by atoms with E-state index >= 15 is 0 Å². The molecule has 0 aliphatic carbocycles. The highest BCUT2D eigenvalue weighted by atomic mass is 14.3. The van der Waals surface area contributed by atoms with Crippen molar-refractivity contribution in [1.82, 2.24) is 0 Å². The molecular formula is C13H27. The van der Waals surface area contributed by atoms with Gasteiger partial charge in [-0.15, -0.1) is 0 Å². The molecule has 0 saturated heterocycles. The predicted molar refractivity (Wildman–Crippen MR) is 61.7 cm³/mol. The normalized spacial score (nSPS) is 16.2. The van der Waals surface area contributed by atoms with Crippen LogP contribution in [0.25, 0.3) is 0 Å². The first-order valence-electron chi connectivity index (χ1n) is 5.89. The van der Waals surface area contributed by atoms with Gasteiger partial charge >= 0.3 is 0 Å². The van der Waals surface area contributed by atoms with Crippen molar-refractivity contribution in [1.29, 1.82) is 0 Å². The molecule has 0 bridgehead atoms. The highest BCUT2D eigenvalue weighted by molar-refractivity contribution is 4.81. The molecule has 0 aromatic rings. The maximum absolute atomic E-state index is 4.40. The topological polar surface area (TPSA) is 0 Å². The van der Waals surface area contributed by atoms with Crippen LogP contribution in [0.4, 0.5) is 0 Å². The summed E-state index contributed by atoms with van der Waals surface area (Å²) in [6.45, 7) is 13.5. The average molecular weight is 183 g/mol. The molecule has 0 saturated carbocycles. The lowest BCUT2D eigenvalue weighted by Crippen LogP contribution is -2.18. The molecule has 1 radical (unpaired) electrons. The Morgan fingerprint density at radius 1 is 1.15 bits per heavy atom. The minimum absolute atomic E-state index is 0.364. The van der Waals surface area contributed by atoms with Gasteiger partial charge in [-0.2, -0.15) is 0 Å². The molecular weight excluding hydrogens is 156 g/mol. The molecule has 79 valence electrons. The molecule has 13 heavy (non-hydrogen) atoms. The summed E-state index contributed by atoms with van der Waals surface area (Å²) >= 11 is 0. The summed E-state index contributed by atoms with van der Waals surface area (Å²) in [6, 6.07) is 0. The summed E-state index contributed by atoms with van der Waals surface area (Å²) in [5.41, 5.74) is 0.364. The molecule has 0 fully saturated rings. The van der Waals surface area contributed by atoms with E-state index in [4.69, 9.17) is 0 Å². The second-order valence-electron chi connectivity index (χ2n) is 4.91. The Morgan fingerprint density at radius 2 is 1.77 bits per heavy atom. The van der Waals surface area contributed by atoms with Crippen molar-refractivity contribution >= 4 is 0 Å². The van der Waals surface area contributed by atoms with Crippen LogP contribution in [0.3, 0.4) is 0 Å². The molecule has 0 heterocycles. The van der Waals surface area contributed by atoms with Gasteiger partial charge in [-0.05, 0) is 31.1 Å². The molecule has 0 nitrogen and oxygen atoms in total. The molecule has 0 rings (SSSR count). The summed E-state index contributed by atoms with van der Waals surface area (Å²) in [5.74, 6) is 0.791. The van der Waals surface area contributed by atoms with Gasteiger partial charge < -0.3 is 0 Å². The lowest BCUT2D eigenvalue weighted by atomic mass is 9.76. The van der Waals surface area contributed by atoms with Crippen LogP contribution in [-0.2, 0) is 0 Å². The van der Waals surface area contributed by atoms with E-state index in [-0.39, 0.29) is 0 Å². The van der Waals surface area contributed by atoms with Gasteiger partial charge in [-0.3, -0.25) is 0 Å². The minimum atomic E-state index is 0.364. The lowest BCUT2D eigenvalue weighted by molar-refractivity contribution is 0.257. The third kappa shape index (κ3) is 6.12. The Labute approximate surface area is 85.1 Å². The Balaban J connectivity index is 3.81. The third-order valence-electron chi connectivity index (χ3n) is 2.90. The highest BCUT2D eigenvalue weighted by Crippen LogP contribution is 2.34. The van der Waals surface area contributed by atoms with E-state index in [2.05, 4.69) is 34.6 Å². The third-order valence-corrected chi connectivity index (χ3v) is 2.90. The van der Waals surface area contributed by atoms with Gasteiger partial charge in [0.25, 0.3) is 0 Å². The standard InChI is InChI=1S/C13H27/c1-6-8-9-10-13(5,7-2)11-12(3)4/h12H,5-11H2,1-4H3. The molecule has 0 heteroatoms. The van der Waals surface area contributed by atoms with Crippen molar-refractivity contribution in [3.63, 3.8) is 0 Å². The Bertz CT molecular complexity index is 115. The summed E-state index contributed by atoms with van der Waals surface area (Å²) in [4.78, 5) is 0. The maximum Gasteiger partial charge on any atom is -0.0297 e. The van der Waals surface area contributed by atoms with E-state index in [1.807, 2.05) is 0 Å². The van der Waals surface area contributed by atoms with E-state index in [1.165, 1.54) is 38.5 Å². The number of unbranched alkanes of at least 4 members (excludes halogenated alkanes) is 2. The summed E-state index contributed by atoms with van der Waals surface area (Å²) in [5, 5.41) is 0. The van der Waals surface area contributed by atoms with Crippen LogP contribution in [0.15, 0.2) is 0 Å². The van der Waals surface area contributed by atoms with E-state index in [9.17, 15) is 0 Å². The van der Waals surface area contributed by atoms with Crippen molar-refractivity contribution in [2.45, 2.75) is 66.2 Å². The number of hydrogen-bond donors (Lipinski definition) is 0. The average Bonchev–Trinajstić information content (AvgIpc) is 2.04. The molecule has 1 unspecified atom stereocenters. The van der Waals surface area contributed by atoms with E-state index < -0.39 is 0 Å². The zero-order chi connectivity index (χ0) is 10.3. The summed E-state index contributed by atoms with van der Waals surface area (Å²) in [7, 11) is 0. The Morgan fingerprint density at radius 3 is 2.15 bits per heavy atom. The van der Waals surface area contributed by atoms with Crippen molar-refractivity contribution in [3.8, 4) is 0 Å². The van der Waals surface area contributed by atoms with Crippen LogP contribution in [0.1, 0.15) is 66.2 Å². The number of hydrogen-bond acceptors (Lipinski definition) is 0. The fourth-order valence-corrected chi connectivity index (χ4v) is 2.04. The van der Waals surface area contributed by atoms with Crippen LogP contribution >= 0.6 is 0 Å². The monoisotopic (exact) mass is 183 g/mol. The Kier molecular flexibility index (Phi) is 6.45. The van der Waals surface area contributed by atoms with Gasteiger partial charge in [0, 0.05) is 0 Å². The van der Waals surface area contributed by atoms with Crippen LogP contribution in [0.5, 0.6) is 0 Å². The van der Waals surface area contributed by atoms with Crippen LogP contribution in [-0.4, -0.2) is 0 Å². The molecule has 1 atom stereocenters. The fourth-order valence-electron chi connectivity index (χ4n) is 2.04. The second-order valence-corrected chi connectivity index (χ2v) is 4.91. The summed E-state index contributed by atoms with van der Waals surface area (Å²) < 4.78 is 0. The zero-order valence-corrected chi connectivity index (χ0v) is 10.0. The lowest BCUT2D eigenvalue weighted by Gasteiger charge is -2.30. The first kappa shape index (κ1) is 13.0. The summed E-state index contributed by atoms with van der Waals surface area (Å²) in [6.07, 6.45) is 7.88.